The third-order valence-corrected chi connectivity index (χ3v) is 4.88. The summed E-state index contributed by atoms with van der Waals surface area (Å²) < 4.78 is 0. The molecular formula is C21H23ClN4O. The molecule has 0 N–H and O–H groups in total. The smallest absolute Gasteiger partial charge is 0.299 e. The minimum absolute atomic E-state index is 0.204. The van der Waals surface area contributed by atoms with Gasteiger partial charge in [-0.3, -0.25) is 4.79 Å². The summed E-state index contributed by atoms with van der Waals surface area (Å²) in [5.74, 6) is 6.07. The van der Waals surface area contributed by atoms with Crippen molar-refractivity contribution in [3.8, 4) is 11.8 Å². The highest BCUT2D eigenvalue weighted by molar-refractivity contribution is 6.22. The topological polar surface area (TPSA) is 49.3 Å². The van der Waals surface area contributed by atoms with Gasteiger partial charge >= 0.3 is 0 Å². The molecule has 1 aliphatic heterocycles. The molecule has 0 saturated carbocycles. The molecule has 3 rings (SSSR count). The summed E-state index contributed by atoms with van der Waals surface area (Å²) in [6, 6.07) is 9.87. The molecule has 1 aliphatic rings. The SMILES string of the molecule is CCCCc1ccc(C#CC(=O)N2CCN(c3ncccn3)C(Cl)C2)cc1. The van der Waals surface area contributed by atoms with Gasteiger partial charge in [0.25, 0.3) is 5.91 Å². The number of rotatable bonds is 4. The average Bonchev–Trinajstić information content (AvgIpc) is 2.71. The number of amides is 1. The molecule has 1 amide bonds. The van der Waals surface area contributed by atoms with E-state index < -0.39 is 0 Å². The molecule has 0 spiro atoms. The number of carbonyl (C=O) groups is 1. The van der Waals surface area contributed by atoms with E-state index in [0.717, 1.165) is 12.0 Å². The zero-order chi connectivity index (χ0) is 19.1. The van der Waals surface area contributed by atoms with Crippen molar-refractivity contribution in [3.63, 3.8) is 0 Å². The Morgan fingerprint density at radius 3 is 2.63 bits per heavy atom. The maximum atomic E-state index is 12.4. The Morgan fingerprint density at radius 1 is 1.22 bits per heavy atom. The van der Waals surface area contributed by atoms with E-state index in [2.05, 4.69) is 40.9 Å². The second-order valence-corrected chi connectivity index (χ2v) is 6.98. The number of alkyl halides is 1. The van der Waals surface area contributed by atoms with Crippen LogP contribution in [0.1, 0.15) is 30.9 Å². The van der Waals surface area contributed by atoms with Gasteiger partial charge in [0.2, 0.25) is 5.95 Å². The van der Waals surface area contributed by atoms with Gasteiger partial charge in [-0.1, -0.05) is 43.0 Å². The molecule has 2 aromatic rings. The molecule has 140 valence electrons. The normalized spacial score (nSPS) is 16.6. The van der Waals surface area contributed by atoms with Crippen LogP contribution in [0.5, 0.6) is 0 Å². The van der Waals surface area contributed by atoms with Crippen molar-refractivity contribution >= 4 is 23.5 Å². The molecule has 1 atom stereocenters. The fourth-order valence-corrected chi connectivity index (χ4v) is 3.28. The Balaban J connectivity index is 1.57. The maximum Gasteiger partial charge on any atom is 0.299 e. The molecule has 1 fully saturated rings. The van der Waals surface area contributed by atoms with Crippen LogP contribution >= 0.6 is 11.6 Å². The van der Waals surface area contributed by atoms with Crippen LogP contribution in [0.4, 0.5) is 5.95 Å². The lowest BCUT2D eigenvalue weighted by Crippen LogP contribution is -2.53. The Kier molecular flexibility index (Phi) is 6.67. The fraction of sp³-hybridized carbons (Fsp3) is 0.381. The minimum Gasteiger partial charge on any atom is -0.327 e. The lowest BCUT2D eigenvalue weighted by Gasteiger charge is -2.37. The molecule has 6 heteroatoms. The number of nitrogens with zero attached hydrogens (tertiary/aromatic N) is 4. The van der Waals surface area contributed by atoms with E-state index in [1.807, 2.05) is 17.0 Å². The number of piperazine rings is 1. The van der Waals surface area contributed by atoms with Crippen molar-refractivity contribution in [3.05, 3.63) is 53.9 Å². The standard InChI is InChI=1S/C21H23ClN4O/c1-2-3-5-17-6-8-18(9-7-17)10-11-20(27)25-14-15-26(19(22)16-25)21-23-12-4-13-24-21/h4,6-9,12-13,19H,2-3,5,14-16H2,1H3. The van der Waals surface area contributed by atoms with Gasteiger partial charge in [0.05, 0.1) is 6.54 Å². The molecule has 1 unspecified atom stereocenters. The summed E-state index contributed by atoms with van der Waals surface area (Å²) in [6.07, 6.45) is 6.81. The number of hydrogen-bond acceptors (Lipinski definition) is 4. The molecule has 1 saturated heterocycles. The lowest BCUT2D eigenvalue weighted by atomic mass is 10.1. The van der Waals surface area contributed by atoms with Crippen LogP contribution in [0.2, 0.25) is 0 Å². The van der Waals surface area contributed by atoms with E-state index in [-0.39, 0.29) is 11.4 Å². The third-order valence-electron chi connectivity index (χ3n) is 4.50. The summed E-state index contributed by atoms with van der Waals surface area (Å²) >= 11 is 6.44. The first-order chi connectivity index (χ1) is 13.2. The molecule has 0 aliphatic carbocycles. The van der Waals surface area contributed by atoms with Crippen LogP contribution in [0, 0.1) is 11.8 Å². The van der Waals surface area contributed by atoms with E-state index >= 15 is 0 Å². The second kappa shape index (κ2) is 9.38. The number of halogens is 1. The fourth-order valence-electron chi connectivity index (χ4n) is 2.93. The van der Waals surface area contributed by atoms with Crippen molar-refractivity contribution in [1.29, 1.82) is 0 Å². The van der Waals surface area contributed by atoms with E-state index in [4.69, 9.17) is 11.6 Å². The molecule has 5 nitrogen and oxygen atoms in total. The van der Waals surface area contributed by atoms with Crippen LogP contribution < -0.4 is 4.90 Å². The van der Waals surface area contributed by atoms with E-state index in [0.29, 0.717) is 25.6 Å². The molecule has 0 bridgehead atoms. The molecule has 1 aromatic carbocycles. The minimum atomic E-state index is -0.371. The van der Waals surface area contributed by atoms with Crippen LogP contribution in [0.25, 0.3) is 0 Å². The summed E-state index contributed by atoms with van der Waals surface area (Å²) in [7, 11) is 0. The predicted octanol–water partition coefficient (Wildman–Crippen LogP) is 3.08. The first-order valence-corrected chi connectivity index (χ1v) is 9.68. The Labute approximate surface area is 165 Å². The first-order valence-electron chi connectivity index (χ1n) is 9.25. The molecule has 1 aromatic heterocycles. The van der Waals surface area contributed by atoms with Crippen molar-refractivity contribution < 1.29 is 4.79 Å². The molecule has 2 heterocycles. The number of aryl methyl sites for hydroxylation is 1. The van der Waals surface area contributed by atoms with Gasteiger partial charge in [-0.25, -0.2) is 9.97 Å². The zero-order valence-electron chi connectivity index (χ0n) is 15.4. The molecule has 27 heavy (non-hydrogen) atoms. The average molecular weight is 383 g/mol. The van der Waals surface area contributed by atoms with Crippen LogP contribution in [0.3, 0.4) is 0 Å². The number of anilines is 1. The van der Waals surface area contributed by atoms with Gasteiger partial charge in [-0.15, -0.1) is 0 Å². The van der Waals surface area contributed by atoms with Gasteiger partial charge in [0.15, 0.2) is 0 Å². The van der Waals surface area contributed by atoms with Crippen molar-refractivity contribution in [2.24, 2.45) is 0 Å². The zero-order valence-corrected chi connectivity index (χ0v) is 16.2. The highest BCUT2D eigenvalue weighted by Gasteiger charge is 2.28. The number of aromatic nitrogens is 2. The van der Waals surface area contributed by atoms with Crippen molar-refractivity contribution in [2.75, 3.05) is 24.5 Å². The lowest BCUT2D eigenvalue weighted by molar-refractivity contribution is -0.125. The summed E-state index contributed by atoms with van der Waals surface area (Å²) in [5, 5.41) is 0. The van der Waals surface area contributed by atoms with Crippen LogP contribution in [-0.2, 0) is 11.2 Å². The number of hydrogen-bond donors (Lipinski definition) is 0. The number of carbonyl (C=O) groups excluding carboxylic acids is 1. The maximum absolute atomic E-state index is 12.4. The van der Waals surface area contributed by atoms with Gasteiger partial charge in [-0.05, 0) is 36.6 Å². The van der Waals surface area contributed by atoms with E-state index in [1.54, 1.807) is 23.4 Å². The summed E-state index contributed by atoms with van der Waals surface area (Å²) in [6.45, 7) is 3.70. The third kappa shape index (κ3) is 5.21. The van der Waals surface area contributed by atoms with E-state index in [1.165, 1.54) is 18.4 Å². The van der Waals surface area contributed by atoms with Crippen molar-refractivity contribution in [2.45, 2.75) is 31.7 Å². The second-order valence-electron chi connectivity index (χ2n) is 6.48. The van der Waals surface area contributed by atoms with Gasteiger partial charge in [0.1, 0.15) is 5.50 Å². The molecule has 0 radical (unpaired) electrons. The first kappa shape index (κ1) is 19.2. The Bertz CT molecular complexity index is 814. The monoisotopic (exact) mass is 382 g/mol. The number of unbranched alkanes of at least 4 members (excludes halogenated alkanes) is 1. The summed E-state index contributed by atoms with van der Waals surface area (Å²) in [5.41, 5.74) is 1.78. The van der Waals surface area contributed by atoms with Gasteiger partial charge in [0, 0.05) is 37.0 Å². The largest absolute Gasteiger partial charge is 0.327 e. The highest BCUT2D eigenvalue weighted by atomic mass is 35.5. The van der Waals surface area contributed by atoms with Gasteiger partial charge in [-0.2, -0.15) is 0 Å². The number of benzene rings is 1. The Morgan fingerprint density at radius 2 is 1.96 bits per heavy atom. The molecular weight excluding hydrogens is 360 g/mol. The summed E-state index contributed by atoms with van der Waals surface area (Å²) in [4.78, 5) is 24.4. The van der Waals surface area contributed by atoms with Crippen LogP contribution in [0.15, 0.2) is 42.7 Å². The Hall–Kier alpha value is -2.58. The quantitative estimate of drug-likeness (QED) is 0.463. The van der Waals surface area contributed by atoms with Gasteiger partial charge < -0.3 is 9.80 Å². The van der Waals surface area contributed by atoms with E-state index in [9.17, 15) is 4.79 Å². The van der Waals surface area contributed by atoms with Crippen molar-refractivity contribution in [1.82, 2.24) is 14.9 Å². The predicted molar refractivity (Wildman–Crippen MR) is 108 cm³/mol. The highest BCUT2D eigenvalue weighted by Crippen LogP contribution is 2.18. The van der Waals surface area contributed by atoms with Crippen LogP contribution in [-0.4, -0.2) is 45.9 Å².